The molecule has 26 heavy (non-hydrogen) atoms. The molecule has 0 unspecified atom stereocenters. The highest BCUT2D eigenvalue weighted by Gasteiger charge is 2.17. The monoisotopic (exact) mass is 359 g/mol. The third-order valence-corrected chi connectivity index (χ3v) is 4.08. The first kappa shape index (κ1) is 17.8. The van der Waals surface area contributed by atoms with Crippen LogP contribution in [0.4, 0.5) is 13.2 Å². The van der Waals surface area contributed by atoms with Gasteiger partial charge in [-0.2, -0.15) is 0 Å². The zero-order valence-corrected chi connectivity index (χ0v) is 14.2. The van der Waals surface area contributed by atoms with E-state index in [1.54, 1.807) is 25.1 Å². The largest absolute Gasteiger partial charge is 0.485 e. The van der Waals surface area contributed by atoms with Crippen molar-refractivity contribution in [3.05, 3.63) is 82.9 Å². The summed E-state index contributed by atoms with van der Waals surface area (Å²) in [5, 5.41) is 0. The van der Waals surface area contributed by atoms with Gasteiger partial charge in [0, 0.05) is 28.7 Å². The van der Waals surface area contributed by atoms with Crippen molar-refractivity contribution in [1.29, 1.82) is 0 Å². The lowest BCUT2D eigenvalue weighted by atomic mass is 10.1. The van der Waals surface area contributed by atoms with Crippen LogP contribution in [0.15, 0.2) is 48.5 Å². The summed E-state index contributed by atoms with van der Waals surface area (Å²) in [7, 11) is 0. The summed E-state index contributed by atoms with van der Waals surface area (Å²) in [4.78, 5) is 12.5. The van der Waals surface area contributed by atoms with Gasteiger partial charge in [-0.3, -0.25) is 4.79 Å². The van der Waals surface area contributed by atoms with E-state index in [0.29, 0.717) is 11.3 Å². The highest BCUT2D eigenvalue weighted by molar-refractivity contribution is 5.98. The molecule has 0 radical (unpaired) electrons. The molecule has 6 heteroatoms. The van der Waals surface area contributed by atoms with Crippen LogP contribution >= 0.6 is 0 Å². The Labute approximate surface area is 148 Å². The molecule has 0 bridgehead atoms. The van der Waals surface area contributed by atoms with Crippen LogP contribution in [0.3, 0.4) is 0 Å². The molecule has 134 valence electrons. The van der Waals surface area contributed by atoms with Crippen molar-refractivity contribution >= 4 is 5.78 Å². The first-order chi connectivity index (χ1) is 12.4. The number of carbonyl (C=O) groups excluding carboxylic acids is 1. The average Bonchev–Trinajstić information content (AvgIpc) is 2.91. The third-order valence-electron chi connectivity index (χ3n) is 4.08. The Kier molecular flexibility index (Phi) is 4.84. The van der Waals surface area contributed by atoms with Gasteiger partial charge in [0.05, 0.1) is 0 Å². The number of hydrogen-bond donors (Lipinski definition) is 0. The Balaban J connectivity index is 1.80. The number of halogens is 3. The molecule has 0 aliphatic heterocycles. The Hall–Kier alpha value is -3.02. The number of ketones is 1. The molecule has 3 aromatic rings. The van der Waals surface area contributed by atoms with Gasteiger partial charge < -0.3 is 9.30 Å². The summed E-state index contributed by atoms with van der Waals surface area (Å²) in [6.45, 7) is 3.31. The van der Waals surface area contributed by atoms with Gasteiger partial charge in [-0.1, -0.05) is 0 Å². The van der Waals surface area contributed by atoms with Crippen LogP contribution in [-0.4, -0.2) is 17.0 Å². The standard InChI is InChI=1S/C20H16F3NO2/c1-12-9-17(13(2)24(12)15-5-3-14(21)4-6-15)20(25)11-26-16-7-8-18(22)19(23)10-16/h3-10H,11H2,1-2H3. The van der Waals surface area contributed by atoms with E-state index in [2.05, 4.69) is 0 Å². The number of hydrogen-bond acceptors (Lipinski definition) is 2. The topological polar surface area (TPSA) is 31.2 Å². The number of Topliss-reactive ketones (excluding diaryl/α,β-unsaturated/α-hetero) is 1. The molecule has 0 spiro atoms. The maximum atomic E-state index is 13.2. The molecule has 1 aromatic heterocycles. The predicted octanol–water partition coefficient (Wildman–Crippen LogP) is 4.77. The Morgan fingerprint density at radius 3 is 2.31 bits per heavy atom. The summed E-state index contributed by atoms with van der Waals surface area (Å²) in [5.41, 5.74) is 2.69. The van der Waals surface area contributed by atoms with Crippen LogP contribution in [0.1, 0.15) is 21.7 Å². The van der Waals surface area contributed by atoms with Crippen LogP contribution in [-0.2, 0) is 0 Å². The van der Waals surface area contributed by atoms with Crippen molar-refractivity contribution in [2.45, 2.75) is 13.8 Å². The Bertz CT molecular complexity index is 962. The minimum absolute atomic E-state index is 0.0737. The van der Waals surface area contributed by atoms with Crippen molar-refractivity contribution in [2.75, 3.05) is 6.61 Å². The normalized spacial score (nSPS) is 10.8. The van der Waals surface area contributed by atoms with Gasteiger partial charge in [0.25, 0.3) is 0 Å². The van der Waals surface area contributed by atoms with Gasteiger partial charge in [0.1, 0.15) is 11.6 Å². The molecule has 0 fully saturated rings. The fourth-order valence-corrected chi connectivity index (χ4v) is 2.83. The molecule has 3 rings (SSSR count). The molecule has 0 N–H and O–H groups in total. The predicted molar refractivity (Wildman–Crippen MR) is 91.4 cm³/mol. The molecule has 0 saturated heterocycles. The smallest absolute Gasteiger partial charge is 0.202 e. The van der Waals surface area contributed by atoms with Crippen LogP contribution in [0.2, 0.25) is 0 Å². The number of ether oxygens (including phenoxy) is 1. The first-order valence-electron chi connectivity index (χ1n) is 7.92. The molecule has 3 nitrogen and oxygen atoms in total. The van der Waals surface area contributed by atoms with Gasteiger partial charge in [-0.15, -0.1) is 0 Å². The quantitative estimate of drug-likeness (QED) is 0.614. The van der Waals surface area contributed by atoms with Crippen molar-refractivity contribution < 1.29 is 22.7 Å². The molecular formula is C20H16F3NO2. The zero-order valence-electron chi connectivity index (χ0n) is 14.2. The van der Waals surface area contributed by atoms with E-state index in [0.717, 1.165) is 23.5 Å². The minimum Gasteiger partial charge on any atom is -0.485 e. The van der Waals surface area contributed by atoms with Gasteiger partial charge in [0.2, 0.25) is 5.78 Å². The summed E-state index contributed by atoms with van der Waals surface area (Å²) >= 11 is 0. The molecule has 0 amide bonds. The van der Waals surface area contributed by atoms with Crippen molar-refractivity contribution in [3.8, 4) is 11.4 Å². The van der Waals surface area contributed by atoms with E-state index in [4.69, 9.17) is 4.74 Å². The van der Waals surface area contributed by atoms with Crippen LogP contribution in [0.5, 0.6) is 5.75 Å². The fourth-order valence-electron chi connectivity index (χ4n) is 2.83. The second kappa shape index (κ2) is 7.07. The fraction of sp³-hybridized carbons (Fsp3) is 0.150. The number of nitrogens with zero attached hydrogens (tertiary/aromatic N) is 1. The van der Waals surface area contributed by atoms with E-state index in [1.807, 2.05) is 11.5 Å². The second-order valence-corrected chi connectivity index (χ2v) is 5.88. The van der Waals surface area contributed by atoms with Crippen molar-refractivity contribution in [3.63, 3.8) is 0 Å². The lowest BCUT2D eigenvalue weighted by Crippen LogP contribution is -2.13. The number of aryl methyl sites for hydroxylation is 1. The zero-order chi connectivity index (χ0) is 18.8. The van der Waals surface area contributed by atoms with Gasteiger partial charge in [-0.05, 0) is 56.3 Å². The second-order valence-electron chi connectivity index (χ2n) is 5.88. The van der Waals surface area contributed by atoms with Crippen molar-refractivity contribution in [2.24, 2.45) is 0 Å². The third kappa shape index (κ3) is 3.49. The Morgan fingerprint density at radius 1 is 0.962 bits per heavy atom. The van der Waals surface area contributed by atoms with E-state index in [-0.39, 0.29) is 24.0 Å². The lowest BCUT2D eigenvalue weighted by Gasteiger charge is -2.10. The van der Waals surface area contributed by atoms with Gasteiger partial charge >= 0.3 is 0 Å². The summed E-state index contributed by atoms with van der Waals surface area (Å²) in [6.07, 6.45) is 0. The van der Waals surface area contributed by atoms with Gasteiger partial charge in [0.15, 0.2) is 18.2 Å². The molecule has 0 saturated carbocycles. The number of carbonyl (C=O) groups is 1. The molecule has 0 aliphatic carbocycles. The highest BCUT2D eigenvalue weighted by atomic mass is 19.2. The number of rotatable bonds is 5. The number of benzene rings is 2. The summed E-state index contributed by atoms with van der Waals surface area (Å²) < 4.78 is 46.3. The molecule has 2 aromatic carbocycles. The van der Waals surface area contributed by atoms with Gasteiger partial charge in [-0.25, -0.2) is 13.2 Å². The summed E-state index contributed by atoms with van der Waals surface area (Å²) in [5.74, 6) is -2.58. The minimum atomic E-state index is -1.04. The molecule has 0 atom stereocenters. The van der Waals surface area contributed by atoms with Crippen LogP contribution in [0, 0.1) is 31.3 Å². The maximum Gasteiger partial charge on any atom is 0.202 e. The molecule has 1 heterocycles. The maximum absolute atomic E-state index is 13.2. The highest BCUT2D eigenvalue weighted by Crippen LogP contribution is 2.22. The van der Waals surface area contributed by atoms with Crippen molar-refractivity contribution in [1.82, 2.24) is 4.57 Å². The van der Waals surface area contributed by atoms with E-state index in [1.165, 1.54) is 18.2 Å². The molecule has 0 aliphatic rings. The summed E-state index contributed by atoms with van der Waals surface area (Å²) in [6, 6.07) is 10.8. The molecular weight excluding hydrogens is 343 g/mol. The number of aromatic nitrogens is 1. The van der Waals surface area contributed by atoms with Crippen LogP contribution in [0.25, 0.3) is 5.69 Å². The average molecular weight is 359 g/mol. The van der Waals surface area contributed by atoms with E-state index < -0.39 is 11.6 Å². The SMILES string of the molecule is Cc1cc(C(=O)COc2ccc(F)c(F)c2)c(C)n1-c1ccc(F)cc1. The first-order valence-corrected chi connectivity index (χ1v) is 7.92. The Morgan fingerprint density at radius 2 is 1.65 bits per heavy atom. The lowest BCUT2D eigenvalue weighted by molar-refractivity contribution is 0.0920. The van der Waals surface area contributed by atoms with Crippen LogP contribution < -0.4 is 4.74 Å². The van der Waals surface area contributed by atoms with E-state index in [9.17, 15) is 18.0 Å². The van der Waals surface area contributed by atoms with E-state index >= 15 is 0 Å².